The first-order valence-electron chi connectivity index (χ1n) is 9.88. The molecular formula is C22H25AlN4O3. The summed E-state index contributed by atoms with van der Waals surface area (Å²) in [4.78, 5) is 34.6. The first kappa shape index (κ1) is 20.5. The highest BCUT2D eigenvalue weighted by Gasteiger charge is 2.43. The van der Waals surface area contributed by atoms with Crippen molar-refractivity contribution in [3.8, 4) is 5.75 Å². The third-order valence-corrected chi connectivity index (χ3v) is 5.44. The summed E-state index contributed by atoms with van der Waals surface area (Å²) in [5.74, 6) is 0.352. The van der Waals surface area contributed by atoms with Crippen molar-refractivity contribution in [3.05, 3.63) is 59.2 Å². The van der Waals surface area contributed by atoms with Crippen LogP contribution in [-0.4, -0.2) is 93.0 Å². The van der Waals surface area contributed by atoms with Crippen molar-refractivity contribution < 1.29 is 14.7 Å². The fourth-order valence-corrected chi connectivity index (χ4v) is 3.63. The Morgan fingerprint density at radius 3 is 2.13 bits per heavy atom. The van der Waals surface area contributed by atoms with E-state index in [1.807, 2.05) is 33.8 Å². The average Bonchev–Trinajstić information content (AvgIpc) is 3.56. The largest absolute Gasteiger partial charge is 0.507 e. The normalized spacial score (nSPS) is 19.2. The standard InChI is InChI=1S/C12H13N3O2.C10H9NO.Al.3H/c16-9-7-8(13-1-2-13)12(17)11(15-5-6-15)10(9)14-3-4-14;1-7-5-6-11-8-3-2-4-9(12)10(7)8;;;;/h7H,1-6H2;2-6,12H,1H3;;;;. The second-order valence-corrected chi connectivity index (χ2v) is 7.68. The number of pyridine rings is 1. The van der Waals surface area contributed by atoms with E-state index < -0.39 is 0 Å². The summed E-state index contributed by atoms with van der Waals surface area (Å²) in [6, 6.07) is 7.26. The van der Waals surface area contributed by atoms with Crippen LogP contribution in [-0.2, 0) is 9.59 Å². The predicted octanol–water partition coefficient (Wildman–Crippen LogP) is 0.245. The number of hydrogen-bond donors (Lipinski definition) is 1. The minimum absolute atomic E-state index is 0. The van der Waals surface area contributed by atoms with Crippen LogP contribution in [0.15, 0.2) is 53.6 Å². The number of nitrogens with zero attached hydrogens (tertiary/aromatic N) is 4. The quantitative estimate of drug-likeness (QED) is 0.433. The molecule has 154 valence electrons. The number of carbonyl (C=O) groups excluding carboxylic acids is 2. The number of aromatic hydroxyl groups is 1. The summed E-state index contributed by atoms with van der Waals surface area (Å²) in [5.41, 5.74) is 3.78. The minimum atomic E-state index is 0. The van der Waals surface area contributed by atoms with Crippen LogP contribution >= 0.6 is 0 Å². The van der Waals surface area contributed by atoms with Gasteiger partial charge in [0.2, 0.25) is 11.6 Å². The zero-order valence-electron chi connectivity index (χ0n) is 16.3. The zero-order chi connectivity index (χ0) is 20.1. The van der Waals surface area contributed by atoms with Gasteiger partial charge in [0.15, 0.2) is 17.4 Å². The third-order valence-electron chi connectivity index (χ3n) is 5.44. The second kappa shape index (κ2) is 7.78. The maximum absolute atomic E-state index is 12.4. The van der Waals surface area contributed by atoms with Crippen molar-refractivity contribution in [2.24, 2.45) is 0 Å². The Labute approximate surface area is 185 Å². The number of ketones is 2. The van der Waals surface area contributed by atoms with Crippen LogP contribution in [0.25, 0.3) is 10.9 Å². The van der Waals surface area contributed by atoms with Gasteiger partial charge in [0, 0.05) is 56.9 Å². The number of phenolic OH excluding ortho intramolecular Hbond substituents is 1. The molecule has 1 aliphatic carbocycles. The van der Waals surface area contributed by atoms with Gasteiger partial charge in [-0.25, -0.2) is 0 Å². The van der Waals surface area contributed by atoms with Gasteiger partial charge in [-0.15, -0.1) is 0 Å². The van der Waals surface area contributed by atoms with Gasteiger partial charge in [-0.05, 0) is 30.7 Å². The molecule has 0 bridgehead atoms. The summed E-state index contributed by atoms with van der Waals surface area (Å²) in [6.07, 6.45) is 3.27. The molecule has 3 fully saturated rings. The van der Waals surface area contributed by atoms with E-state index in [1.165, 1.54) is 6.08 Å². The first-order valence-corrected chi connectivity index (χ1v) is 9.88. The van der Waals surface area contributed by atoms with E-state index in [9.17, 15) is 14.7 Å². The summed E-state index contributed by atoms with van der Waals surface area (Å²) in [7, 11) is 0. The Kier molecular flexibility index (Phi) is 5.31. The van der Waals surface area contributed by atoms with Crippen molar-refractivity contribution in [1.29, 1.82) is 0 Å². The lowest BCUT2D eigenvalue weighted by molar-refractivity contribution is -0.117. The van der Waals surface area contributed by atoms with E-state index in [0.29, 0.717) is 22.8 Å². The topological polar surface area (TPSA) is 76.3 Å². The third kappa shape index (κ3) is 3.81. The van der Waals surface area contributed by atoms with Gasteiger partial charge in [0.1, 0.15) is 17.1 Å². The Balaban J connectivity index is 0.000000149. The molecule has 2 aromatic rings. The smallest absolute Gasteiger partial charge is 0.227 e. The highest BCUT2D eigenvalue weighted by Crippen LogP contribution is 2.34. The van der Waals surface area contributed by atoms with E-state index in [2.05, 4.69) is 4.98 Å². The van der Waals surface area contributed by atoms with Crippen molar-refractivity contribution in [2.45, 2.75) is 6.92 Å². The number of hydrogen-bond acceptors (Lipinski definition) is 7. The number of rotatable bonds is 3. The lowest BCUT2D eigenvalue weighted by Crippen LogP contribution is -2.29. The molecule has 4 aliphatic rings. The zero-order valence-corrected chi connectivity index (χ0v) is 16.3. The number of fused-ring (bicyclic) bond motifs is 1. The van der Waals surface area contributed by atoms with Crippen LogP contribution in [0.1, 0.15) is 5.56 Å². The van der Waals surface area contributed by atoms with E-state index in [0.717, 1.165) is 55.7 Å². The number of benzene rings is 1. The molecule has 3 saturated heterocycles. The minimum Gasteiger partial charge on any atom is -0.507 e. The van der Waals surface area contributed by atoms with Crippen LogP contribution < -0.4 is 0 Å². The summed E-state index contributed by atoms with van der Waals surface area (Å²) < 4.78 is 0. The Morgan fingerprint density at radius 1 is 0.900 bits per heavy atom. The van der Waals surface area contributed by atoms with Gasteiger partial charge >= 0.3 is 0 Å². The molecule has 8 heteroatoms. The summed E-state index contributed by atoms with van der Waals surface area (Å²) in [6.45, 7) is 7.37. The molecule has 0 radical (unpaired) electrons. The van der Waals surface area contributed by atoms with E-state index >= 15 is 0 Å². The molecular weight excluding hydrogens is 395 g/mol. The molecule has 1 N–H and O–H groups in total. The molecule has 0 atom stereocenters. The molecule has 0 unspecified atom stereocenters. The highest BCUT2D eigenvalue weighted by molar-refractivity contribution is 6.22. The van der Waals surface area contributed by atoms with Gasteiger partial charge in [0.25, 0.3) is 0 Å². The van der Waals surface area contributed by atoms with Crippen molar-refractivity contribution in [1.82, 2.24) is 19.7 Å². The van der Waals surface area contributed by atoms with E-state index in [-0.39, 0.29) is 28.9 Å². The molecule has 3 aliphatic heterocycles. The fourth-order valence-electron chi connectivity index (χ4n) is 3.63. The molecule has 0 amide bonds. The van der Waals surface area contributed by atoms with Crippen molar-refractivity contribution in [3.63, 3.8) is 0 Å². The van der Waals surface area contributed by atoms with Gasteiger partial charge in [-0.1, -0.05) is 6.07 Å². The van der Waals surface area contributed by atoms with Crippen molar-refractivity contribution >= 4 is 39.8 Å². The number of aromatic nitrogens is 1. The maximum atomic E-state index is 12.4. The van der Waals surface area contributed by atoms with Crippen LogP contribution in [0.5, 0.6) is 5.75 Å². The molecule has 1 aromatic heterocycles. The predicted molar refractivity (Wildman–Crippen MR) is 118 cm³/mol. The SMILES string of the molecule is Cc1ccnc2cccc(O)c12.O=C1C=C(N2CC2)C(=O)C(N2CC2)=C1N1CC1.[AlH3]. The van der Waals surface area contributed by atoms with Gasteiger partial charge in [0.05, 0.1) is 11.2 Å². The van der Waals surface area contributed by atoms with Crippen LogP contribution in [0.4, 0.5) is 0 Å². The van der Waals surface area contributed by atoms with E-state index in [1.54, 1.807) is 18.3 Å². The molecule has 4 heterocycles. The van der Waals surface area contributed by atoms with Crippen LogP contribution in [0.3, 0.4) is 0 Å². The first-order chi connectivity index (χ1) is 14.0. The maximum Gasteiger partial charge on any atom is 0.227 e. The lowest BCUT2D eigenvalue weighted by atomic mass is 10.0. The molecule has 0 spiro atoms. The van der Waals surface area contributed by atoms with E-state index in [4.69, 9.17) is 0 Å². The average molecular weight is 420 g/mol. The Bertz CT molecular complexity index is 1060. The van der Waals surface area contributed by atoms with Crippen molar-refractivity contribution in [2.75, 3.05) is 39.3 Å². The highest BCUT2D eigenvalue weighted by atomic mass is 27.0. The second-order valence-electron chi connectivity index (χ2n) is 7.68. The number of allylic oxidation sites excluding steroid dienone is 1. The number of Topliss-reactive ketones (excluding diaryl/α,β-unsaturated/α-hetero) is 1. The lowest BCUT2D eigenvalue weighted by Gasteiger charge is -2.21. The Morgan fingerprint density at radius 2 is 1.53 bits per heavy atom. The van der Waals surface area contributed by atoms with Gasteiger partial charge < -0.3 is 19.8 Å². The number of carbonyl (C=O) groups is 2. The molecule has 7 nitrogen and oxygen atoms in total. The molecule has 1 aromatic carbocycles. The van der Waals surface area contributed by atoms with Crippen LogP contribution in [0.2, 0.25) is 0 Å². The van der Waals surface area contributed by atoms with Crippen LogP contribution in [0, 0.1) is 6.92 Å². The Hall–Kier alpha value is -2.82. The number of aryl methyl sites for hydroxylation is 1. The molecule has 0 saturated carbocycles. The molecule has 30 heavy (non-hydrogen) atoms. The summed E-state index contributed by atoms with van der Waals surface area (Å²) in [5, 5.41) is 10.4. The fraction of sp³-hybridized carbons (Fsp3) is 0.318. The summed E-state index contributed by atoms with van der Waals surface area (Å²) >= 11 is 0. The van der Waals surface area contributed by atoms with Gasteiger partial charge in [-0.2, -0.15) is 0 Å². The molecule has 6 rings (SSSR count). The number of phenols is 1. The monoisotopic (exact) mass is 420 g/mol. The van der Waals surface area contributed by atoms with Gasteiger partial charge in [-0.3, -0.25) is 14.6 Å².